The fraction of sp³-hybridized carbons (Fsp3) is 0.625. The second-order valence-corrected chi connectivity index (χ2v) is 8.69. The second-order valence-electron chi connectivity index (χ2n) is 6.19. The van der Waals surface area contributed by atoms with Crippen LogP contribution in [-0.2, 0) is 0 Å². The van der Waals surface area contributed by atoms with Crippen molar-refractivity contribution in [3.63, 3.8) is 0 Å². The zero-order valence-electron chi connectivity index (χ0n) is 12.4. The van der Waals surface area contributed by atoms with Crippen molar-refractivity contribution in [3.8, 4) is 5.75 Å². The molecule has 3 rings (SSSR count). The quantitative estimate of drug-likeness (QED) is 0.630. The Balaban J connectivity index is 2.03. The predicted molar refractivity (Wildman–Crippen MR) is 100 cm³/mol. The van der Waals surface area contributed by atoms with Crippen LogP contribution < -0.4 is 5.32 Å². The zero-order valence-corrected chi connectivity index (χ0v) is 17.2. The largest absolute Gasteiger partial charge is 0.506 e. The van der Waals surface area contributed by atoms with E-state index >= 15 is 0 Å². The second kappa shape index (κ2) is 7.51. The van der Waals surface area contributed by atoms with Crippen molar-refractivity contribution in [1.29, 1.82) is 0 Å². The minimum absolute atomic E-state index is 0.302. The summed E-state index contributed by atoms with van der Waals surface area (Å²) in [5.74, 6) is 0.975. The fourth-order valence-electron chi connectivity index (χ4n) is 3.82. The highest BCUT2D eigenvalue weighted by Crippen LogP contribution is 2.48. The van der Waals surface area contributed by atoms with Gasteiger partial charge in [0.15, 0.2) is 0 Å². The van der Waals surface area contributed by atoms with Crippen LogP contribution in [0.3, 0.4) is 0 Å². The Kier molecular flexibility index (Phi) is 5.88. The smallest absolute Gasteiger partial charge is 0.144 e. The lowest BCUT2D eigenvalue weighted by Crippen LogP contribution is -2.46. The molecule has 1 aliphatic carbocycles. The molecule has 1 heterocycles. The van der Waals surface area contributed by atoms with Crippen LogP contribution >= 0.6 is 47.8 Å². The summed E-state index contributed by atoms with van der Waals surface area (Å²) in [7, 11) is 0. The predicted octanol–water partition coefficient (Wildman–Crippen LogP) is 4.82. The molecule has 2 aliphatic rings. The number of nitrogens with one attached hydrogen (secondary N) is 1. The van der Waals surface area contributed by atoms with Gasteiger partial charge < -0.3 is 10.4 Å². The van der Waals surface area contributed by atoms with E-state index in [1.165, 1.54) is 31.2 Å². The van der Waals surface area contributed by atoms with E-state index in [4.69, 9.17) is 0 Å². The van der Waals surface area contributed by atoms with Gasteiger partial charge >= 0.3 is 0 Å². The Labute approximate surface area is 157 Å². The van der Waals surface area contributed by atoms with Crippen LogP contribution in [0.15, 0.2) is 19.5 Å². The normalized spacial score (nSPS) is 22.1. The van der Waals surface area contributed by atoms with Gasteiger partial charge in [-0.25, -0.2) is 0 Å². The first-order chi connectivity index (χ1) is 10.6. The highest BCUT2D eigenvalue weighted by Gasteiger charge is 2.35. The molecule has 6 heteroatoms. The Hall–Kier alpha value is 0.380. The molecule has 0 bridgehead atoms. The van der Waals surface area contributed by atoms with Crippen LogP contribution in [0.2, 0.25) is 0 Å². The summed E-state index contributed by atoms with van der Waals surface area (Å²) in [6, 6.07) is 2.34. The van der Waals surface area contributed by atoms with E-state index in [-0.39, 0.29) is 0 Å². The van der Waals surface area contributed by atoms with Gasteiger partial charge in [0, 0.05) is 42.3 Å². The highest BCUT2D eigenvalue weighted by molar-refractivity contribution is 9.11. The standard InChI is InChI=1S/C16H21Br3N2O/c17-11-9-12(18)16(22)14(19)13(11)15(10-3-1-2-4-10)21-7-5-20-6-8-21/h9-10,15,20,22H,1-8H2/t15-/m0/s1. The molecule has 22 heavy (non-hydrogen) atoms. The number of piperazine rings is 1. The lowest BCUT2D eigenvalue weighted by molar-refractivity contribution is 0.124. The number of phenols is 1. The molecule has 0 spiro atoms. The number of hydrogen-bond donors (Lipinski definition) is 2. The summed E-state index contributed by atoms with van der Waals surface area (Å²) >= 11 is 10.8. The first kappa shape index (κ1) is 17.2. The Morgan fingerprint density at radius 3 is 2.36 bits per heavy atom. The summed E-state index contributed by atoms with van der Waals surface area (Å²) in [6.07, 6.45) is 5.21. The van der Waals surface area contributed by atoms with Crippen molar-refractivity contribution in [2.45, 2.75) is 31.7 Å². The fourth-order valence-corrected chi connectivity index (χ4v) is 6.41. The first-order valence-electron chi connectivity index (χ1n) is 7.90. The van der Waals surface area contributed by atoms with E-state index in [0.717, 1.165) is 39.6 Å². The van der Waals surface area contributed by atoms with Crippen LogP contribution in [0.1, 0.15) is 37.3 Å². The SMILES string of the molecule is Oc1c(Br)cc(Br)c([C@H](C2CCCC2)N2CCNCC2)c1Br. The van der Waals surface area contributed by atoms with Gasteiger partial charge in [0.1, 0.15) is 5.75 Å². The van der Waals surface area contributed by atoms with E-state index in [9.17, 15) is 5.11 Å². The molecule has 0 unspecified atom stereocenters. The van der Waals surface area contributed by atoms with Crippen molar-refractivity contribution >= 4 is 47.8 Å². The number of nitrogens with zero attached hydrogens (tertiary/aromatic N) is 1. The van der Waals surface area contributed by atoms with Gasteiger partial charge in [0.25, 0.3) is 0 Å². The molecule has 3 nitrogen and oxygen atoms in total. The highest BCUT2D eigenvalue weighted by atomic mass is 79.9. The van der Waals surface area contributed by atoms with Crippen LogP contribution in [0, 0.1) is 5.92 Å². The van der Waals surface area contributed by atoms with Crippen molar-refractivity contribution in [2.24, 2.45) is 5.92 Å². The maximum Gasteiger partial charge on any atom is 0.144 e. The van der Waals surface area contributed by atoms with Crippen LogP contribution in [0.4, 0.5) is 0 Å². The van der Waals surface area contributed by atoms with Gasteiger partial charge in [0.05, 0.1) is 8.95 Å². The van der Waals surface area contributed by atoms with Crippen LogP contribution in [-0.4, -0.2) is 36.2 Å². The molecule has 0 radical (unpaired) electrons. The summed E-state index contributed by atoms with van der Waals surface area (Å²) in [5.41, 5.74) is 1.20. The van der Waals surface area contributed by atoms with Gasteiger partial charge in [0.2, 0.25) is 0 Å². The van der Waals surface area contributed by atoms with E-state index in [1.807, 2.05) is 6.07 Å². The van der Waals surface area contributed by atoms with Gasteiger partial charge in [-0.05, 0) is 56.7 Å². The van der Waals surface area contributed by atoms with E-state index in [0.29, 0.717) is 17.7 Å². The molecule has 1 aromatic rings. The third-order valence-electron chi connectivity index (χ3n) is 4.87. The molecular formula is C16H21Br3N2O. The molecule has 1 aliphatic heterocycles. The third kappa shape index (κ3) is 3.41. The molecule has 2 N–H and O–H groups in total. The number of halogens is 3. The topological polar surface area (TPSA) is 35.5 Å². The summed E-state index contributed by atoms with van der Waals surface area (Å²) < 4.78 is 2.61. The van der Waals surface area contributed by atoms with E-state index in [2.05, 4.69) is 58.0 Å². The number of hydrogen-bond acceptors (Lipinski definition) is 3. The van der Waals surface area contributed by atoms with Crippen molar-refractivity contribution in [3.05, 3.63) is 25.0 Å². The molecule has 2 fully saturated rings. The van der Waals surface area contributed by atoms with Gasteiger partial charge in [-0.2, -0.15) is 0 Å². The first-order valence-corrected chi connectivity index (χ1v) is 10.3. The van der Waals surface area contributed by atoms with Crippen LogP contribution in [0.25, 0.3) is 0 Å². The number of phenolic OH excluding ortho intramolecular Hbond substituents is 1. The van der Waals surface area contributed by atoms with Gasteiger partial charge in [-0.1, -0.05) is 28.8 Å². The van der Waals surface area contributed by atoms with E-state index < -0.39 is 0 Å². The van der Waals surface area contributed by atoms with Gasteiger partial charge in [-0.15, -0.1) is 0 Å². The zero-order chi connectivity index (χ0) is 15.7. The number of benzene rings is 1. The van der Waals surface area contributed by atoms with Gasteiger partial charge in [-0.3, -0.25) is 4.90 Å². The number of rotatable bonds is 3. The Morgan fingerprint density at radius 1 is 1.09 bits per heavy atom. The average molecular weight is 497 g/mol. The lowest BCUT2D eigenvalue weighted by atomic mass is 9.89. The van der Waals surface area contributed by atoms with E-state index in [1.54, 1.807) is 0 Å². The molecule has 0 amide bonds. The average Bonchev–Trinajstić information content (AvgIpc) is 3.04. The monoisotopic (exact) mass is 494 g/mol. The minimum Gasteiger partial charge on any atom is -0.506 e. The summed E-state index contributed by atoms with van der Waals surface area (Å²) in [5, 5.41) is 13.8. The third-order valence-corrected chi connectivity index (χ3v) is 6.93. The number of aromatic hydroxyl groups is 1. The lowest BCUT2D eigenvalue weighted by Gasteiger charge is -2.39. The Bertz CT molecular complexity index is 541. The Morgan fingerprint density at radius 2 is 1.73 bits per heavy atom. The maximum atomic E-state index is 10.4. The molecule has 1 saturated carbocycles. The minimum atomic E-state index is 0.302. The van der Waals surface area contributed by atoms with Crippen molar-refractivity contribution in [2.75, 3.05) is 26.2 Å². The summed E-state index contributed by atoms with van der Waals surface area (Å²) in [4.78, 5) is 2.59. The van der Waals surface area contributed by atoms with Crippen molar-refractivity contribution in [1.82, 2.24) is 10.2 Å². The van der Waals surface area contributed by atoms with Crippen molar-refractivity contribution < 1.29 is 5.11 Å². The molecule has 1 atom stereocenters. The molecular weight excluding hydrogens is 476 g/mol. The molecule has 122 valence electrons. The molecule has 1 saturated heterocycles. The van der Waals surface area contributed by atoms with Crippen LogP contribution in [0.5, 0.6) is 5.75 Å². The molecule has 1 aromatic carbocycles. The maximum absolute atomic E-state index is 10.4. The molecule has 0 aromatic heterocycles. The summed E-state index contributed by atoms with van der Waals surface area (Å²) in [6.45, 7) is 4.22.